The van der Waals surface area contributed by atoms with Crippen LogP contribution in [0.4, 0.5) is 14.5 Å². The number of amides is 1. The summed E-state index contributed by atoms with van der Waals surface area (Å²) < 4.78 is 28.2. The van der Waals surface area contributed by atoms with Gasteiger partial charge in [0.25, 0.3) is 5.91 Å². The number of carbonyl (C=O) groups excluding carboxylic acids is 1. The van der Waals surface area contributed by atoms with E-state index in [1.165, 1.54) is 35.6 Å². The molecular weight excluding hydrogens is 432 g/mol. The Hall–Kier alpha value is -3.59. The van der Waals surface area contributed by atoms with Gasteiger partial charge in [0.15, 0.2) is 5.82 Å². The van der Waals surface area contributed by atoms with Crippen molar-refractivity contribution in [2.45, 2.75) is 0 Å². The van der Waals surface area contributed by atoms with E-state index in [4.69, 9.17) is 0 Å². The molecule has 32 heavy (non-hydrogen) atoms. The molecule has 1 aliphatic rings. The van der Waals surface area contributed by atoms with Crippen molar-refractivity contribution < 1.29 is 13.6 Å². The second-order valence-electron chi connectivity index (χ2n) is 7.38. The fraction of sp³-hybridized carbons (Fsp3) is 0.174. The summed E-state index contributed by atoms with van der Waals surface area (Å²) in [5.74, 6) is -0.218. The monoisotopic (exact) mass is 451 g/mol. The fourth-order valence-corrected chi connectivity index (χ4v) is 4.39. The van der Waals surface area contributed by atoms with Gasteiger partial charge in [-0.25, -0.2) is 18.4 Å². The first-order chi connectivity index (χ1) is 15.6. The molecule has 2 aromatic heterocycles. The van der Waals surface area contributed by atoms with Crippen LogP contribution in [-0.4, -0.2) is 51.8 Å². The second-order valence-corrected chi connectivity index (χ2v) is 8.33. The molecule has 0 spiro atoms. The first kappa shape index (κ1) is 20.3. The average molecular weight is 452 g/mol. The summed E-state index contributed by atoms with van der Waals surface area (Å²) in [6, 6.07) is 16.1. The van der Waals surface area contributed by atoms with Crippen molar-refractivity contribution in [2.24, 2.45) is 0 Å². The van der Waals surface area contributed by atoms with Gasteiger partial charge < -0.3 is 9.80 Å². The van der Waals surface area contributed by atoms with E-state index in [2.05, 4.69) is 15.0 Å². The van der Waals surface area contributed by atoms with Crippen molar-refractivity contribution in [1.82, 2.24) is 19.7 Å². The van der Waals surface area contributed by atoms with Gasteiger partial charge in [0, 0.05) is 31.9 Å². The van der Waals surface area contributed by atoms with Gasteiger partial charge in [0.05, 0.1) is 10.6 Å². The number of carbonyl (C=O) groups is 1. The third kappa shape index (κ3) is 3.99. The maximum atomic E-state index is 13.4. The third-order valence-corrected chi connectivity index (χ3v) is 6.24. The van der Waals surface area contributed by atoms with Gasteiger partial charge >= 0.3 is 0 Å². The Balaban J connectivity index is 1.38. The molecule has 2 aromatic carbocycles. The Kier molecular flexibility index (Phi) is 5.40. The van der Waals surface area contributed by atoms with Crippen LogP contribution in [0.3, 0.4) is 0 Å². The molecule has 1 amide bonds. The first-order valence-electron chi connectivity index (χ1n) is 10.2. The van der Waals surface area contributed by atoms with E-state index in [0.29, 0.717) is 37.7 Å². The second kappa shape index (κ2) is 8.51. The summed E-state index contributed by atoms with van der Waals surface area (Å²) in [6.07, 6.45) is 0. The Labute approximate surface area is 187 Å². The summed E-state index contributed by atoms with van der Waals surface area (Å²) in [5, 5.41) is 6.40. The fourth-order valence-electron chi connectivity index (χ4n) is 3.69. The molecule has 0 radical (unpaired) electrons. The van der Waals surface area contributed by atoms with E-state index in [9.17, 15) is 13.6 Å². The molecule has 6 nitrogen and oxygen atoms in total. The molecule has 0 aliphatic carbocycles. The van der Waals surface area contributed by atoms with Crippen molar-refractivity contribution in [2.75, 3.05) is 31.1 Å². The number of rotatable bonds is 4. The van der Waals surface area contributed by atoms with Crippen LogP contribution in [0.2, 0.25) is 0 Å². The topological polar surface area (TPSA) is 54.3 Å². The number of halogens is 2. The van der Waals surface area contributed by atoms with E-state index >= 15 is 0 Å². The minimum Gasteiger partial charge on any atom is -0.368 e. The molecule has 4 aromatic rings. The Morgan fingerprint density at radius 3 is 2.06 bits per heavy atom. The van der Waals surface area contributed by atoms with Crippen LogP contribution in [0.15, 0.2) is 66.0 Å². The first-order valence-corrected chi connectivity index (χ1v) is 11.0. The summed E-state index contributed by atoms with van der Waals surface area (Å²) >= 11 is 1.49. The van der Waals surface area contributed by atoms with E-state index < -0.39 is 0 Å². The molecule has 3 heterocycles. The number of aromatic nitrogens is 3. The molecule has 0 saturated carbocycles. The number of thiophene rings is 1. The van der Waals surface area contributed by atoms with Crippen LogP contribution >= 0.6 is 11.3 Å². The summed E-state index contributed by atoms with van der Waals surface area (Å²) in [5.41, 5.74) is 1.56. The highest BCUT2D eigenvalue weighted by atomic mass is 32.1. The molecule has 0 atom stereocenters. The standard InChI is InChI=1S/C23H19F2N5OS/c24-16-3-7-18(8-4-16)28-11-13-29(14-12-28)23(31)21-26-22(20-2-1-15-32-20)30(27-21)19-9-5-17(25)6-10-19/h1-10,15H,11-14H2. The zero-order valence-electron chi connectivity index (χ0n) is 17.0. The lowest BCUT2D eigenvalue weighted by molar-refractivity contribution is 0.0734. The van der Waals surface area contributed by atoms with E-state index in [1.54, 1.807) is 33.8 Å². The molecule has 1 fully saturated rings. The van der Waals surface area contributed by atoms with Crippen molar-refractivity contribution in [3.8, 4) is 16.4 Å². The predicted molar refractivity (Wildman–Crippen MR) is 119 cm³/mol. The van der Waals surface area contributed by atoms with Crippen LogP contribution in [0.25, 0.3) is 16.4 Å². The zero-order chi connectivity index (χ0) is 22.1. The molecule has 0 unspecified atom stereocenters. The molecule has 0 N–H and O–H groups in total. The highest BCUT2D eigenvalue weighted by molar-refractivity contribution is 7.13. The lowest BCUT2D eigenvalue weighted by Gasteiger charge is -2.35. The van der Waals surface area contributed by atoms with Crippen LogP contribution in [-0.2, 0) is 0 Å². The lowest BCUT2D eigenvalue weighted by atomic mass is 10.2. The minimum atomic E-state index is -0.345. The highest BCUT2D eigenvalue weighted by Crippen LogP contribution is 2.26. The summed E-state index contributed by atoms with van der Waals surface area (Å²) in [4.78, 5) is 22.4. The predicted octanol–water partition coefficient (Wildman–Crippen LogP) is 4.24. The van der Waals surface area contributed by atoms with E-state index in [0.717, 1.165) is 10.6 Å². The number of hydrogen-bond donors (Lipinski definition) is 0. The Bertz CT molecular complexity index is 1210. The van der Waals surface area contributed by atoms with Gasteiger partial charge in [-0.3, -0.25) is 4.79 Å². The van der Waals surface area contributed by atoms with Crippen molar-refractivity contribution in [1.29, 1.82) is 0 Å². The van der Waals surface area contributed by atoms with Crippen LogP contribution in [0.5, 0.6) is 0 Å². The van der Waals surface area contributed by atoms with Crippen molar-refractivity contribution >= 4 is 22.9 Å². The van der Waals surface area contributed by atoms with Gasteiger partial charge in [0.2, 0.25) is 5.82 Å². The maximum absolute atomic E-state index is 13.4. The molecule has 5 rings (SSSR count). The molecule has 1 aliphatic heterocycles. The Morgan fingerprint density at radius 1 is 0.844 bits per heavy atom. The molecule has 1 saturated heterocycles. The molecular formula is C23H19F2N5OS. The quantitative estimate of drug-likeness (QED) is 0.466. The van der Waals surface area contributed by atoms with Crippen LogP contribution in [0.1, 0.15) is 10.6 Å². The number of benzene rings is 2. The molecule has 0 bridgehead atoms. The smallest absolute Gasteiger partial charge is 0.293 e. The number of hydrogen-bond acceptors (Lipinski definition) is 5. The van der Waals surface area contributed by atoms with E-state index in [1.807, 2.05) is 17.5 Å². The van der Waals surface area contributed by atoms with E-state index in [-0.39, 0.29) is 23.4 Å². The average Bonchev–Trinajstić information content (AvgIpc) is 3.50. The van der Waals surface area contributed by atoms with Gasteiger partial charge in [-0.2, -0.15) is 0 Å². The van der Waals surface area contributed by atoms with Gasteiger partial charge in [-0.1, -0.05) is 6.07 Å². The van der Waals surface area contributed by atoms with Crippen LogP contribution in [0, 0.1) is 11.6 Å². The summed E-state index contributed by atoms with van der Waals surface area (Å²) in [7, 11) is 0. The van der Waals surface area contributed by atoms with Crippen molar-refractivity contribution in [3.05, 3.63) is 83.5 Å². The largest absolute Gasteiger partial charge is 0.368 e. The van der Waals surface area contributed by atoms with Crippen molar-refractivity contribution in [3.63, 3.8) is 0 Å². The number of piperazine rings is 1. The van der Waals surface area contributed by atoms with Gasteiger partial charge in [0.1, 0.15) is 11.6 Å². The number of anilines is 1. The highest BCUT2D eigenvalue weighted by Gasteiger charge is 2.27. The Morgan fingerprint density at radius 2 is 1.47 bits per heavy atom. The van der Waals surface area contributed by atoms with Gasteiger partial charge in [-0.05, 0) is 60.0 Å². The zero-order valence-corrected chi connectivity index (χ0v) is 17.8. The lowest BCUT2D eigenvalue weighted by Crippen LogP contribution is -2.49. The van der Waals surface area contributed by atoms with Crippen LogP contribution < -0.4 is 4.90 Å². The molecule has 9 heteroatoms. The maximum Gasteiger partial charge on any atom is 0.293 e. The SMILES string of the molecule is O=C(c1nc(-c2cccs2)n(-c2ccc(F)cc2)n1)N1CCN(c2ccc(F)cc2)CC1. The van der Waals surface area contributed by atoms with Gasteiger partial charge in [-0.15, -0.1) is 16.4 Å². The number of nitrogens with zero attached hydrogens (tertiary/aromatic N) is 5. The minimum absolute atomic E-state index is 0.105. The third-order valence-electron chi connectivity index (χ3n) is 5.37. The normalized spacial score (nSPS) is 14.1. The summed E-state index contributed by atoms with van der Waals surface area (Å²) in [6.45, 7) is 2.28. The molecule has 162 valence electrons.